The quantitative estimate of drug-likeness (QED) is 0.866. The third-order valence-electron chi connectivity index (χ3n) is 2.70. The molecule has 88 valence electrons. The lowest BCUT2D eigenvalue weighted by atomic mass is 10.0. The summed E-state index contributed by atoms with van der Waals surface area (Å²) in [4.78, 5) is 0. The summed E-state index contributed by atoms with van der Waals surface area (Å²) in [5.41, 5.74) is 2.67. The average Bonchev–Trinajstić information content (AvgIpc) is 2.32. The fourth-order valence-electron chi connectivity index (χ4n) is 1.71. The van der Waals surface area contributed by atoms with Crippen LogP contribution in [0.25, 0.3) is 0 Å². The lowest BCUT2D eigenvalue weighted by Crippen LogP contribution is -2.00. The Morgan fingerprint density at radius 2 is 1.88 bits per heavy atom. The highest BCUT2D eigenvalue weighted by Gasteiger charge is 2.13. The molecule has 0 aliphatic heterocycles. The molecule has 0 bridgehead atoms. The Labute approximate surface area is 114 Å². The van der Waals surface area contributed by atoms with E-state index in [0.29, 0.717) is 5.02 Å². The normalized spacial score (nSPS) is 12.5. The van der Waals surface area contributed by atoms with E-state index < -0.39 is 6.10 Å². The maximum Gasteiger partial charge on any atom is 0.105 e. The average molecular weight is 312 g/mol. The summed E-state index contributed by atoms with van der Waals surface area (Å²) in [6.07, 6.45) is -0.637. The minimum Gasteiger partial charge on any atom is -0.384 e. The largest absolute Gasteiger partial charge is 0.384 e. The fourth-order valence-corrected chi connectivity index (χ4v) is 2.33. The SMILES string of the molecule is Cc1cc([C@@H](O)c2ccccc2Br)ccc1Cl. The second-order valence-electron chi connectivity index (χ2n) is 3.93. The molecule has 17 heavy (non-hydrogen) atoms. The van der Waals surface area contributed by atoms with E-state index in [1.165, 1.54) is 0 Å². The summed E-state index contributed by atoms with van der Waals surface area (Å²) in [5.74, 6) is 0. The van der Waals surface area contributed by atoms with E-state index in [2.05, 4.69) is 15.9 Å². The van der Waals surface area contributed by atoms with Gasteiger partial charge < -0.3 is 5.11 Å². The highest BCUT2D eigenvalue weighted by Crippen LogP contribution is 2.30. The van der Waals surface area contributed by atoms with Gasteiger partial charge in [-0.3, -0.25) is 0 Å². The predicted octanol–water partition coefficient (Wildman–Crippen LogP) is 4.49. The second-order valence-corrected chi connectivity index (χ2v) is 5.19. The number of rotatable bonds is 2. The zero-order valence-electron chi connectivity index (χ0n) is 9.32. The maximum atomic E-state index is 10.3. The van der Waals surface area contributed by atoms with E-state index in [1.807, 2.05) is 49.4 Å². The number of hydrogen-bond acceptors (Lipinski definition) is 1. The molecule has 2 aromatic rings. The summed E-state index contributed by atoms with van der Waals surface area (Å²) in [6.45, 7) is 1.93. The molecule has 2 rings (SSSR count). The summed E-state index contributed by atoms with van der Waals surface area (Å²) >= 11 is 9.41. The molecule has 0 saturated carbocycles. The van der Waals surface area contributed by atoms with Gasteiger partial charge in [0, 0.05) is 9.50 Å². The molecule has 0 aliphatic rings. The molecule has 0 unspecified atom stereocenters. The molecular formula is C14H12BrClO. The summed E-state index contributed by atoms with van der Waals surface area (Å²) < 4.78 is 0.903. The standard InChI is InChI=1S/C14H12BrClO/c1-9-8-10(6-7-13(9)16)14(17)11-4-2-3-5-12(11)15/h2-8,14,17H,1H3/t14-/m1/s1. The Morgan fingerprint density at radius 1 is 1.18 bits per heavy atom. The van der Waals surface area contributed by atoms with Crippen LogP contribution in [0.3, 0.4) is 0 Å². The highest BCUT2D eigenvalue weighted by molar-refractivity contribution is 9.10. The van der Waals surface area contributed by atoms with Gasteiger partial charge in [-0.2, -0.15) is 0 Å². The molecule has 0 radical (unpaired) electrons. The molecule has 3 heteroatoms. The van der Waals surface area contributed by atoms with Crippen LogP contribution in [0.1, 0.15) is 22.8 Å². The number of aliphatic hydroxyl groups excluding tert-OH is 1. The van der Waals surface area contributed by atoms with Gasteiger partial charge in [-0.05, 0) is 35.7 Å². The summed E-state index contributed by atoms with van der Waals surface area (Å²) in [6, 6.07) is 13.2. The lowest BCUT2D eigenvalue weighted by Gasteiger charge is -2.14. The molecule has 0 spiro atoms. The van der Waals surface area contributed by atoms with Crippen molar-refractivity contribution in [1.29, 1.82) is 0 Å². The van der Waals surface area contributed by atoms with Crippen molar-refractivity contribution < 1.29 is 5.11 Å². The molecule has 1 nitrogen and oxygen atoms in total. The van der Waals surface area contributed by atoms with Crippen molar-refractivity contribution in [2.24, 2.45) is 0 Å². The van der Waals surface area contributed by atoms with Gasteiger partial charge in [0.1, 0.15) is 6.10 Å². The number of hydrogen-bond donors (Lipinski definition) is 1. The zero-order valence-corrected chi connectivity index (χ0v) is 11.7. The van der Waals surface area contributed by atoms with Gasteiger partial charge in [0.05, 0.1) is 0 Å². The third kappa shape index (κ3) is 2.71. The molecule has 1 atom stereocenters. The van der Waals surface area contributed by atoms with Crippen molar-refractivity contribution in [1.82, 2.24) is 0 Å². The van der Waals surface area contributed by atoms with Crippen molar-refractivity contribution in [3.05, 3.63) is 68.7 Å². The van der Waals surface area contributed by atoms with Crippen LogP contribution in [-0.4, -0.2) is 5.11 Å². The summed E-state index contributed by atoms with van der Waals surface area (Å²) in [7, 11) is 0. The van der Waals surface area contributed by atoms with Gasteiger partial charge in [0.2, 0.25) is 0 Å². The number of aliphatic hydroxyl groups is 1. The van der Waals surface area contributed by atoms with E-state index in [-0.39, 0.29) is 0 Å². The Balaban J connectivity index is 2.40. The van der Waals surface area contributed by atoms with Crippen molar-refractivity contribution in [3.63, 3.8) is 0 Å². The highest BCUT2D eigenvalue weighted by atomic mass is 79.9. The van der Waals surface area contributed by atoms with Crippen molar-refractivity contribution in [2.45, 2.75) is 13.0 Å². The number of benzene rings is 2. The monoisotopic (exact) mass is 310 g/mol. The third-order valence-corrected chi connectivity index (χ3v) is 3.84. The van der Waals surface area contributed by atoms with Crippen LogP contribution < -0.4 is 0 Å². The van der Waals surface area contributed by atoms with Crippen LogP contribution >= 0.6 is 27.5 Å². The van der Waals surface area contributed by atoms with Crippen molar-refractivity contribution in [3.8, 4) is 0 Å². The summed E-state index contributed by atoms with van der Waals surface area (Å²) in [5, 5.41) is 11.0. The van der Waals surface area contributed by atoms with Crippen LogP contribution in [0.5, 0.6) is 0 Å². The van der Waals surface area contributed by atoms with E-state index >= 15 is 0 Å². The molecule has 1 N–H and O–H groups in total. The van der Waals surface area contributed by atoms with E-state index in [4.69, 9.17) is 11.6 Å². The van der Waals surface area contributed by atoms with Gasteiger partial charge in [-0.15, -0.1) is 0 Å². The van der Waals surface area contributed by atoms with E-state index in [9.17, 15) is 5.11 Å². The van der Waals surface area contributed by atoms with Crippen LogP contribution in [0.15, 0.2) is 46.9 Å². The fraction of sp³-hybridized carbons (Fsp3) is 0.143. The number of aryl methyl sites for hydroxylation is 1. The smallest absolute Gasteiger partial charge is 0.105 e. The Bertz CT molecular complexity index is 539. The minimum atomic E-state index is -0.637. The van der Waals surface area contributed by atoms with Gasteiger partial charge in [0.25, 0.3) is 0 Å². The van der Waals surface area contributed by atoms with Gasteiger partial charge >= 0.3 is 0 Å². The first-order valence-corrected chi connectivity index (χ1v) is 6.45. The van der Waals surface area contributed by atoms with Gasteiger partial charge in [-0.1, -0.05) is 57.9 Å². The van der Waals surface area contributed by atoms with Crippen molar-refractivity contribution in [2.75, 3.05) is 0 Å². The molecule has 0 heterocycles. The first-order valence-electron chi connectivity index (χ1n) is 5.28. The van der Waals surface area contributed by atoms with Crippen LogP contribution in [0.2, 0.25) is 5.02 Å². The van der Waals surface area contributed by atoms with Gasteiger partial charge in [-0.25, -0.2) is 0 Å². The molecule has 0 saturated heterocycles. The van der Waals surface area contributed by atoms with Gasteiger partial charge in [0.15, 0.2) is 0 Å². The maximum absolute atomic E-state index is 10.3. The van der Waals surface area contributed by atoms with Crippen molar-refractivity contribution >= 4 is 27.5 Å². The first kappa shape index (κ1) is 12.6. The number of halogens is 2. The van der Waals surface area contributed by atoms with E-state index in [0.717, 1.165) is 21.2 Å². The van der Waals surface area contributed by atoms with Crippen LogP contribution in [0.4, 0.5) is 0 Å². The van der Waals surface area contributed by atoms with E-state index in [1.54, 1.807) is 0 Å². The molecule has 2 aromatic carbocycles. The Morgan fingerprint density at radius 3 is 2.53 bits per heavy atom. The molecule has 0 aliphatic carbocycles. The Hall–Kier alpha value is -0.830. The molecular weight excluding hydrogens is 300 g/mol. The van der Waals surface area contributed by atoms with Crippen LogP contribution in [-0.2, 0) is 0 Å². The lowest BCUT2D eigenvalue weighted by molar-refractivity contribution is 0.219. The zero-order chi connectivity index (χ0) is 12.4. The molecule has 0 fully saturated rings. The predicted molar refractivity (Wildman–Crippen MR) is 74.4 cm³/mol. The molecule has 0 aromatic heterocycles. The van der Waals surface area contributed by atoms with Crippen LogP contribution in [0, 0.1) is 6.92 Å². The first-order chi connectivity index (χ1) is 8.09. The molecule has 0 amide bonds. The Kier molecular flexibility index (Phi) is 3.87. The second kappa shape index (κ2) is 5.21. The topological polar surface area (TPSA) is 20.2 Å². The minimum absolute atomic E-state index is 0.637.